The average Bonchev–Trinajstić information content (AvgIpc) is 2.83. The third-order valence-corrected chi connectivity index (χ3v) is 5.37. The predicted octanol–water partition coefficient (Wildman–Crippen LogP) is 4.04. The van der Waals surface area contributed by atoms with Crippen molar-refractivity contribution in [1.82, 2.24) is 10.2 Å². The molecule has 1 aliphatic heterocycles. The summed E-state index contributed by atoms with van der Waals surface area (Å²) in [4.78, 5) is 37.8. The van der Waals surface area contributed by atoms with E-state index >= 15 is 0 Å². The summed E-state index contributed by atoms with van der Waals surface area (Å²) < 4.78 is 23.3. The molecule has 8 heteroatoms. The van der Waals surface area contributed by atoms with E-state index in [1.807, 2.05) is 0 Å². The second-order valence-corrected chi connectivity index (χ2v) is 7.64. The topological polar surface area (TPSA) is 84.9 Å². The molecular formula is C25H27FN2O5. The molecule has 7 nitrogen and oxygen atoms in total. The number of nitrogens with one attached hydrogen (secondary N) is 1. The average molecular weight is 454 g/mol. The number of ether oxygens (including phenoxy) is 2. The summed E-state index contributed by atoms with van der Waals surface area (Å²) in [7, 11) is 0. The zero-order valence-corrected chi connectivity index (χ0v) is 18.5. The van der Waals surface area contributed by atoms with Crippen molar-refractivity contribution in [2.24, 2.45) is 5.92 Å². The van der Waals surface area contributed by atoms with Gasteiger partial charge in [-0.15, -0.1) is 0 Å². The van der Waals surface area contributed by atoms with E-state index in [0.717, 1.165) is 12.8 Å². The lowest BCUT2D eigenvalue weighted by atomic mass is 9.96. The fourth-order valence-electron chi connectivity index (χ4n) is 3.49. The fourth-order valence-corrected chi connectivity index (χ4v) is 3.49. The molecular weight excluding hydrogens is 427 g/mol. The van der Waals surface area contributed by atoms with Crippen LogP contribution in [0.15, 0.2) is 54.6 Å². The third-order valence-electron chi connectivity index (χ3n) is 5.37. The maximum atomic E-state index is 13.7. The van der Waals surface area contributed by atoms with Gasteiger partial charge in [-0.25, -0.2) is 9.18 Å². The van der Waals surface area contributed by atoms with Gasteiger partial charge in [0.15, 0.2) is 0 Å². The molecule has 1 heterocycles. The highest BCUT2D eigenvalue weighted by Crippen LogP contribution is 2.18. The minimum atomic E-state index is -0.790. The Morgan fingerprint density at radius 1 is 1.09 bits per heavy atom. The number of carbonyl (C=O) groups excluding carboxylic acids is 3. The second-order valence-electron chi connectivity index (χ2n) is 7.64. The summed E-state index contributed by atoms with van der Waals surface area (Å²) in [5.74, 6) is -0.168. The number of piperidine rings is 1. The summed E-state index contributed by atoms with van der Waals surface area (Å²) in [5, 5.41) is 2.92. The molecule has 2 aromatic rings. The van der Waals surface area contributed by atoms with Crippen molar-refractivity contribution in [2.75, 3.05) is 26.2 Å². The highest BCUT2D eigenvalue weighted by atomic mass is 19.1. The molecule has 2 amide bonds. The molecule has 1 aliphatic rings. The van der Waals surface area contributed by atoms with Gasteiger partial charge >= 0.3 is 6.16 Å². The number of amides is 2. The largest absolute Gasteiger partial charge is 0.513 e. The number of nitrogens with zero attached hydrogens (tertiary/aromatic N) is 1. The number of halogens is 1. The minimum Gasteiger partial charge on any atom is -0.434 e. The number of hydrogen-bond donors (Lipinski definition) is 1. The van der Waals surface area contributed by atoms with Gasteiger partial charge in [-0.3, -0.25) is 9.59 Å². The Morgan fingerprint density at radius 3 is 2.45 bits per heavy atom. The van der Waals surface area contributed by atoms with Gasteiger partial charge in [-0.1, -0.05) is 18.2 Å². The smallest absolute Gasteiger partial charge is 0.434 e. The molecule has 2 aromatic carbocycles. The van der Waals surface area contributed by atoms with Crippen LogP contribution in [-0.4, -0.2) is 49.1 Å². The Morgan fingerprint density at radius 2 is 1.79 bits per heavy atom. The first kappa shape index (κ1) is 24.0. The van der Waals surface area contributed by atoms with E-state index in [9.17, 15) is 18.8 Å². The summed E-state index contributed by atoms with van der Waals surface area (Å²) in [6, 6.07) is 12.5. The van der Waals surface area contributed by atoms with E-state index in [1.54, 1.807) is 42.2 Å². The van der Waals surface area contributed by atoms with Crippen molar-refractivity contribution in [3.05, 3.63) is 71.6 Å². The van der Waals surface area contributed by atoms with Crippen LogP contribution in [0.1, 0.15) is 35.7 Å². The molecule has 0 aliphatic carbocycles. The minimum absolute atomic E-state index is 0.147. The van der Waals surface area contributed by atoms with Gasteiger partial charge in [0.25, 0.3) is 5.91 Å². The molecule has 0 radical (unpaired) electrons. The highest BCUT2D eigenvalue weighted by molar-refractivity contribution is 5.94. The van der Waals surface area contributed by atoms with Crippen LogP contribution in [0.4, 0.5) is 9.18 Å². The standard InChI is InChI=1S/C25H27FN2O5/c1-2-32-25(31)33-21-10-7-20(8-11-21)24(30)27-17-18-13-15-28(16-14-18)23(29)12-9-19-5-3-4-6-22(19)26/h3-12,18H,2,13-17H2,1H3,(H,27,30)/b12-9+. The summed E-state index contributed by atoms with van der Waals surface area (Å²) in [6.07, 6.45) is 3.64. The van der Waals surface area contributed by atoms with Crippen molar-refractivity contribution in [3.8, 4) is 5.75 Å². The van der Waals surface area contributed by atoms with Gasteiger partial charge in [0, 0.05) is 36.8 Å². The monoisotopic (exact) mass is 454 g/mol. The molecule has 1 fully saturated rings. The summed E-state index contributed by atoms with van der Waals surface area (Å²) >= 11 is 0. The lowest BCUT2D eigenvalue weighted by Gasteiger charge is -2.31. The SMILES string of the molecule is CCOC(=O)Oc1ccc(C(=O)NCC2CCN(C(=O)/C=C/c3ccccc3F)CC2)cc1. The van der Waals surface area contributed by atoms with E-state index in [2.05, 4.69) is 5.32 Å². The van der Waals surface area contributed by atoms with Gasteiger partial charge in [0.2, 0.25) is 5.91 Å². The maximum absolute atomic E-state index is 13.7. The van der Waals surface area contributed by atoms with Crippen molar-refractivity contribution >= 4 is 24.0 Å². The number of benzene rings is 2. The van der Waals surface area contributed by atoms with Crippen molar-refractivity contribution < 1.29 is 28.2 Å². The zero-order chi connectivity index (χ0) is 23.6. The highest BCUT2D eigenvalue weighted by Gasteiger charge is 2.22. The first-order chi connectivity index (χ1) is 16.0. The normalized spacial score (nSPS) is 14.2. The lowest BCUT2D eigenvalue weighted by Crippen LogP contribution is -2.41. The first-order valence-corrected chi connectivity index (χ1v) is 10.9. The van der Waals surface area contributed by atoms with E-state index in [0.29, 0.717) is 36.5 Å². The number of likely N-dealkylation sites (tertiary alicyclic amines) is 1. The molecule has 0 atom stereocenters. The van der Waals surface area contributed by atoms with Crippen molar-refractivity contribution in [2.45, 2.75) is 19.8 Å². The van der Waals surface area contributed by atoms with E-state index in [1.165, 1.54) is 30.4 Å². The van der Waals surface area contributed by atoms with E-state index in [4.69, 9.17) is 9.47 Å². The fraction of sp³-hybridized carbons (Fsp3) is 0.320. The molecule has 1 saturated heterocycles. The quantitative estimate of drug-likeness (QED) is 0.388. The molecule has 0 saturated carbocycles. The molecule has 174 valence electrons. The Bertz CT molecular complexity index is 998. The van der Waals surface area contributed by atoms with Crippen LogP contribution < -0.4 is 10.1 Å². The second kappa shape index (κ2) is 11.8. The zero-order valence-electron chi connectivity index (χ0n) is 18.5. The Balaban J connectivity index is 1.41. The summed E-state index contributed by atoms with van der Waals surface area (Å²) in [6.45, 7) is 3.58. The molecule has 0 bridgehead atoms. The Hall–Kier alpha value is -3.68. The van der Waals surface area contributed by atoms with E-state index < -0.39 is 6.16 Å². The molecule has 0 spiro atoms. The number of hydrogen-bond acceptors (Lipinski definition) is 5. The summed E-state index contributed by atoms with van der Waals surface area (Å²) in [5.41, 5.74) is 0.834. The van der Waals surface area contributed by atoms with Crippen molar-refractivity contribution in [3.63, 3.8) is 0 Å². The van der Waals surface area contributed by atoms with Crippen LogP contribution in [-0.2, 0) is 9.53 Å². The molecule has 3 rings (SSSR count). The maximum Gasteiger partial charge on any atom is 0.513 e. The Labute approximate surface area is 192 Å². The van der Waals surface area contributed by atoms with Gasteiger partial charge in [0.1, 0.15) is 11.6 Å². The van der Waals surface area contributed by atoms with E-state index in [-0.39, 0.29) is 30.2 Å². The van der Waals surface area contributed by atoms with Crippen LogP contribution in [0, 0.1) is 11.7 Å². The molecule has 0 aromatic heterocycles. The van der Waals surface area contributed by atoms with Crippen LogP contribution in [0.2, 0.25) is 0 Å². The van der Waals surface area contributed by atoms with Crippen LogP contribution in [0.3, 0.4) is 0 Å². The molecule has 0 unspecified atom stereocenters. The van der Waals surface area contributed by atoms with Gasteiger partial charge < -0.3 is 19.7 Å². The molecule has 1 N–H and O–H groups in total. The predicted molar refractivity (Wildman–Crippen MR) is 121 cm³/mol. The number of carbonyl (C=O) groups is 3. The first-order valence-electron chi connectivity index (χ1n) is 10.9. The Kier molecular flexibility index (Phi) is 8.57. The molecule has 33 heavy (non-hydrogen) atoms. The van der Waals surface area contributed by atoms with Crippen LogP contribution >= 0.6 is 0 Å². The lowest BCUT2D eigenvalue weighted by molar-refractivity contribution is -0.127. The van der Waals surface area contributed by atoms with Gasteiger partial charge in [0.05, 0.1) is 6.61 Å². The van der Waals surface area contributed by atoms with Gasteiger partial charge in [-0.2, -0.15) is 0 Å². The van der Waals surface area contributed by atoms with Crippen LogP contribution in [0.5, 0.6) is 5.75 Å². The third kappa shape index (κ3) is 7.17. The van der Waals surface area contributed by atoms with Crippen molar-refractivity contribution in [1.29, 1.82) is 0 Å². The number of rotatable bonds is 7. The van der Waals surface area contributed by atoms with Gasteiger partial charge in [-0.05, 0) is 62.1 Å². The van der Waals surface area contributed by atoms with Crippen LogP contribution in [0.25, 0.3) is 6.08 Å².